The Hall–Kier alpha value is -2.47. The van der Waals surface area contributed by atoms with Gasteiger partial charge in [0.15, 0.2) is 0 Å². The van der Waals surface area contributed by atoms with Gasteiger partial charge in [-0.2, -0.15) is 0 Å². The lowest BCUT2D eigenvalue weighted by molar-refractivity contribution is -0.375. The monoisotopic (exact) mass is 303 g/mol. The number of nitro groups is 1. The molecule has 0 atom stereocenters. The summed E-state index contributed by atoms with van der Waals surface area (Å²) in [5, 5.41) is 11.8. The van der Waals surface area contributed by atoms with Gasteiger partial charge in [0.25, 0.3) is 5.70 Å². The summed E-state index contributed by atoms with van der Waals surface area (Å²) in [4.78, 5) is 10.5. The third-order valence-electron chi connectivity index (χ3n) is 2.88. The molecular formula is C15H13NO4S. The molecule has 0 bridgehead atoms. The first kappa shape index (κ1) is 14.9. The third-order valence-corrected chi connectivity index (χ3v) is 4.35. The minimum Gasteiger partial charge on any atom is -0.258 e. The van der Waals surface area contributed by atoms with Crippen LogP contribution in [0.15, 0.2) is 64.9 Å². The van der Waals surface area contributed by atoms with E-state index in [9.17, 15) is 18.5 Å². The SMILES string of the molecule is Cc1ccc(S(=O)(=O)/C=C(/c2ccccc2)[N+](=O)[O-])cc1. The first-order valence-corrected chi connectivity index (χ1v) is 7.68. The number of benzene rings is 2. The van der Waals surface area contributed by atoms with E-state index in [0.29, 0.717) is 5.41 Å². The standard InChI is InChI=1S/C15H13NO4S/c1-12-7-9-14(10-8-12)21(19,20)11-15(16(17)18)13-5-3-2-4-6-13/h2-11H,1H3/b15-11-. The lowest BCUT2D eigenvalue weighted by atomic mass is 10.2. The fourth-order valence-electron chi connectivity index (χ4n) is 1.77. The highest BCUT2D eigenvalue weighted by molar-refractivity contribution is 7.94. The van der Waals surface area contributed by atoms with E-state index in [0.717, 1.165) is 5.56 Å². The van der Waals surface area contributed by atoms with E-state index >= 15 is 0 Å². The van der Waals surface area contributed by atoms with Crippen LogP contribution in [0, 0.1) is 17.0 Å². The second-order valence-electron chi connectivity index (χ2n) is 4.48. The van der Waals surface area contributed by atoms with Crippen molar-refractivity contribution in [1.29, 1.82) is 0 Å². The quantitative estimate of drug-likeness (QED) is 0.642. The Morgan fingerprint density at radius 3 is 2.14 bits per heavy atom. The van der Waals surface area contributed by atoms with Gasteiger partial charge in [-0.1, -0.05) is 35.9 Å². The zero-order valence-electron chi connectivity index (χ0n) is 11.3. The summed E-state index contributed by atoms with van der Waals surface area (Å²) in [7, 11) is -3.87. The van der Waals surface area contributed by atoms with Gasteiger partial charge in [-0.3, -0.25) is 10.1 Å². The van der Waals surface area contributed by atoms with Crippen molar-refractivity contribution in [3.63, 3.8) is 0 Å². The van der Waals surface area contributed by atoms with Gasteiger partial charge < -0.3 is 0 Å². The maximum atomic E-state index is 12.3. The van der Waals surface area contributed by atoms with Crippen molar-refractivity contribution in [2.45, 2.75) is 11.8 Å². The molecule has 0 amide bonds. The van der Waals surface area contributed by atoms with E-state index < -0.39 is 20.5 Å². The highest BCUT2D eigenvalue weighted by Crippen LogP contribution is 2.20. The van der Waals surface area contributed by atoms with E-state index in [4.69, 9.17) is 0 Å². The van der Waals surface area contributed by atoms with Crippen LogP contribution < -0.4 is 0 Å². The van der Waals surface area contributed by atoms with Gasteiger partial charge in [-0.15, -0.1) is 0 Å². The third kappa shape index (κ3) is 3.55. The number of hydrogen-bond donors (Lipinski definition) is 0. The van der Waals surface area contributed by atoms with Gasteiger partial charge in [0.1, 0.15) is 5.41 Å². The van der Waals surface area contributed by atoms with Crippen molar-refractivity contribution in [3.8, 4) is 0 Å². The molecule has 5 nitrogen and oxygen atoms in total. The Morgan fingerprint density at radius 2 is 1.62 bits per heavy atom. The largest absolute Gasteiger partial charge is 0.288 e. The van der Waals surface area contributed by atoms with Crippen molar-refractivity contribution < 1.29 is 13.3 Å². The van der Waals surface area contributed by atoms with Gasteiger partial charge in [0, 0.05) is 0 Å². The van der Waals surface area contributed by atoms with Crippen LogP contribution in [0.2, 0.25) is 0 Å². The Balaban J connectivity index is 2.52. The molecule has 2 aromatic carbocycles. The van der Waals surface area contributed by atoms with Crippen LogP contribution >= 0.6 is 0 Å². The summed E-state index contributed by atoms with van der Waals surface area (Å²) in [6.45, 7) is 1.83. The summed E-state index contributed by atoms with van der Waals surface area (Å²) in [6.07, 6.45) is 0. The predicted molar refractivity (Wildman–Crippen MR) is 79.8 cm³/mol. The highest BCUT2D eigenvalue weighted by atomic mass is 32.2. The molecule has 0 fully saturated rings. The van der Waals surface area contributed by atoms with Crippen LogP contribution in [0.25, 0.3) is 5.70 Å². The van der Waals surface area contributed by atoms with Crippen molar-refractivity contribution in [2.24, 2.45) is 0 Å². The van der Waals surface area contributed by atoms with Crippen molar-refractivity contribution in [1.82, 2.24) is 0 Å². The molecule has 6 heteroatoms. The summed E-state index contributed by atoms with van der Waals surface area (Å²) >= 11 is 0. The topological polar surface area (TPSA) is 77.3 Å². The molecular weight excluding hydrogens is 290 g/mol. The van der Waals surface area contributed by atoms with Gasteiger partial charge in [-0.05, 0) is 31.2 Å². The van der Waals surface area contributed by atoms with Gasteiger partial charge in [0.2, 0.25) is 9.84 Å². The molecule has 0 aromatic heterocycles. The molecule has 0 N–H and O–H groups in total. The number of nitrogens with zero attached hydrogens (tertiary/aromatic N) is 1. The second kappa shape index (κ2) is 5.88. The molecule has 0 unspecified atom stereocenters. The smallest absolute Gasteiger partial charge is 0.258 e. The number of hydrogen-bond acceptors (Lipinski definition) is 4. The molecule has 0 aliphatic rings. The zero-order valence-corrected chi connectivity index (χ0v) is 12.1. The fraction of sp³-hybridized carbons (Fsp3) is 0.0667. The Bertz CT molecular complexity index is 778. The predicted octanol–water partition coefficient (Wildman–Crippen LogP) is 3.04. The normalized spacial score (nSPS) is 12.1. The Kier molecular flexibility index (Phi) is 4.18. The van der Waals surface area contributed by atoms with Crippen LogP contribution in [0.1, 0.15) is 11.1 Å². The summed E-state index contributed by atoms with van der Waals surface area (Å²) in [5.41, 5.74) is 0.713. The number of rotatable bonds is 4. The molecule has 0 radical (unpaired) electrons. The molecule has 2 aromatic rings. The molecule has 0 aliphatic carbocycles. The number of sulfone groups is 1. The van der Waals surface area contributed by atoms with Crippen molar-refractivity contribution >= 4 is 15.5 Å². The first-order chi connectivity index (χ1) is 9.90. The second-order valence-corrected chi connectivity index (χ2v) is 6.28. The van der Waals surface area contributed by atoms with Crippen LogP contribution in [-0.2, 0) is 9.84 Å². The van der Waals surface area contributed by atoms with Crippen LogP contribution in [0.5, 0.6) is 0 Å². The molecule has 0 saturated carbocycles. The molecule has 108 valence electrons. The van der Waals surface area contributed by atoms with Crippen molar-refractivity contribution in [2.75, 3.05) is 0 Å². The zero-order chi connectivity index (χ0) is 15.5. The molecule has 21 heavy (non-hydrogen) atoms. The van der Waals surface area contributed by atoms with E-state index in [1.807, 2.05) is 6.92 Å². The lowest BCUT2D eigenvalue weighted by Gasteiger charge is -2.02. The maximum Gasteiger partial charge on any atom is 0.288 e. The average molecular weight is 303 g/mol. The Labute approximate surface area is 122 Å². The highest BCUT2D eigenvalue weighted by Gasteiger charge is 2.21. The first-order valence-electron chi connectivity index (χ1n) is 6.13. The molecule has 0 spiro atoms. The van der Waals surface area contributed by atoms with Gasteiger partial charge >= 0.3 is 0 Å². The lowest BCUT2D eigenvalue weighted by Crippen LogP contribution is -2.04. The van der Waals surface area contributed by atoms with Crippen molar-refractivity contribution in [3.05, 3.63) is 81.2 Å². The van der Waals surface area contributed by atoms with Crippen LogP contribution in [-0.4, -0.2) is 13.3 Å². The van der Waals surface area contributed by atoms with E-state index in [2.05, 4.69) is 0 Å². The minimum atomic E-state index is -3.87. The summed E-state index contributed by atoms with van der Waals surface area (Å²) < 4.78 is 24.5. The average Bonchev–Trinajstić information content (AvgIpc) is 2.46. The fourth-order valence-corrected chi connectivity index (χ4v) is 2.94. The molecule has 0 aliphatic heterocycles. The van der Waals surface area contributed by atoms with Gasteiger partial charge in [0.05, 0.1) is 15.4 Å². The van der Waals surface area contributed by atoms with E-state index in [1.54, 1.807) is 30.3 Å². The number of aryl methyl sites for hydroxylation is 1. The van der Waals surface area contributed by atoms with E-state index in [1.165, 1.54) is 24.3 Å². The van der Waals surface area contributed by atoms with Gasteiger partial charge in [-0.25, -0.2) is 8.42 Å². The molecule has 2 rings (SSSR count). The molecule has 0 saturated heterocycles. The minimum absolute atomic E-state index is 0.0309. The molecule has 0 heterocycles. The van der Waals surface area contributed by atoms with E-state index in [-0.39, 0.29) is 10.5 Å². The summed E-state index contributed by atoms with van der Waals surface area (Å²) in [5.74, 6) is 0. The van der Waals surface area contributed by atoms with Crippen LogP contribution in [0.3, 0.4) is 0 Å². The summed E-state index contributed by atoms with van der Waals surface area (Å²) in [6, 6.07) is 14.1. The maximum absolute atomic E-state index is 12.3. The van der Waals surface area contributed by atoms with Crippen LogP contribution in [0.4, 0.5) is 0 Å². The Morgan fingerprint density at radius 1 is 1.05 bits per heavy atom.